The number of hydrogen-bond donors (Lipinski definition) is 2. The van der Waals surface area contributed by atoms with Crippen LogP contribution in [0.2, 0.25) is 0 Å². The maximum Gasteiger partial charge on any atom is 0.326 e. The monoisotopic (exact) mass is 556 g/mol. The number of carbonyl (C=O) groups is 2. The lowest BCUT2D eigenvalue weighted by Gasteiger charge is -2.33. The van der Waals surface area contributed by atoms with Crippen molar-refractivity contribution in [1.29, 1.82) is 0 Å². The molecule has 0 bridgehead atoms. The fourth-order valence-electron chi connectivity index (χ4n) is 3.22. The normalized spacial score (nSPS) is 15.0. The van der Waals surface area contributed by atoms with Gasteiger partial charge in [-0.15, -0.1) is 0 Å². The Morgan fingerprint density at radius 3 is 2.24 bits per heavy atom. The second-order valence-electron chi connectivity index (χ2n) is 10.9. The van der Waals surface area contributed by atoms with Gasteiger partial charge in [-0.1, -0.05) is 0 Å². The lowest BCUT2D eigenvalue weighted by Crippen LogP contribution is -2.48. The molecule has 0 aliphatic heterocycles. The molecule has 2 aromatic rings. The first kappa shape index (κ1) is 31.6. The lowest BCUT2D eigenvalue weighted by atomic mass is 9.95. The maximum absolute atomic E-state index is 14.0. The average Bonchev–Trinajstić information content (AvgIpc) is 3.19. The quantitative estimate of drug-likeness (QED) is 0.257. The number of ether oxygens (including phenoxy) is 3. The van der Waals surface area contributed by atoms with Crippen LogP contribution in [0, 0.1) is 5.41 Å². The van der Waals surface area contributed by atoms with E-state index in [1.165, 1.54) is 20.2 Å². The highest BCUT2D eigenvalue weighted by Crippen LogP contribution is 2.46. The average molecular weight is 557 g/mol. The van der Waals surface area contributed by atoms with Crippen molar-refractivity contribution in [3.8, 4) is 0 Å². The Balaban J connectivity index is 2.19. The number of rotatable bonds is 14. The summed E-state index contributed by atoms with van der Waals surface area (Å²) < 4.78 is 38.1. The maximum atomic E-state index is 14.0. The minimum absolute atomic E-state index is 0.238. The zero-order valence-corrected chi connectivity index (χ0v) is 24.6. The van der Waals surface area contributed by atoms with Crippen LogP contribution < -0.4 is 10.8 Å². The Morgan fingerprint density at radius 2 is 1.63 bits per heavy atom. The van der Waals surface area contributed by atoms with Crippen LogP contribution in [0.15, 0.2) is 12.7 Å². The van der Waals surface area contributed by atoms with Crippen molar-refractivity contribution in [2.75, 3.05) is 18.7 Å². The van der Waals surface area contributed by atoms with Crippen molar-refractivity contribution >= 4 is 36.4 Å². The fraction of sp³-hybridized carbons (Fsp3) is 0.708. The van der Waals surface area contributed by atoms with Crippen LogP contribution in [-0.2, 0) is 39.4 Å². The number of nitrogen functional groups attached to an aromatic ring is 1. The molecule has 2 atom stereocenters. The first-order chi connectivity index (χ1) is 17.5. The number of anilines is 1. The second kappa shape index (κ2) is 12.5. The summed E-state index contributed by atoms with van der Waals surface area (Å²) in [6.07, 6.45) is 1.38. The molecule has 2 aromatic heterocycles. The predicted molar refractivity (Wildman–Crippen MR) is 142 cm³/mol. The molecule has 2 unspecified atom stereocenters. The minimum Gasteiger partial charge on any atom is -0.462 e. The molecule has 0 amide bonds. The molecule has 0 spiro atoms. The number of nitrogens with two attached hydrogens (primary N) is 1. The van der Waals surface area contributed by atoms with Crippen molar-refractivity contribution in [3.63, 3.8) is 0 Å². The number of aromatic nitrogens is 4. The van der Waals surface area contributed by atoms with Gasteiger partial charge in [0.05, 0.1) is 43.2 Å². The van der Waals surface area contributed by atoms with Crippen LogP contribution in [0.3, 0.4) is 0 Å². The molecular weight excluding hydrogens is 515 g/mol. The van der Waals surface area contributed by atoms with Gasteiger partial charge < -0.3 is 29.0 Å². The van der Waals surface area contributed by atoms with Crippen molar-refractivity contribution < 1.29 is 32.9 Å². The zero-order valence-electron chi connectivity index (χ0n) is 23.7. The number of fused-ring (bicyclic) bond motifs is 1. The molecule has 14 heteroatoms. The van der Waals surface area contributed by atoms with Crippen LogP contribution in [0.1, 0.15) is 62.3 Å². The van der Waals surface area contributed by atoms with Crippen LogP contribution in [-0.4, -0.2) is 68.3 Å². The van der Waals surface area contributed by atoms with E-state index < -0.39 is 36.5 Å². The molecule has 3 N–H and O–H groups in total. The van der Waals surface area contributed by atoms with Crippen LogP contribution >= 0.6 is 7.52 Å². The van der Waals surface area contributed by atoms with Gasteiger partial charge in [-0.25, -0.2) is 20.0 Å². The lowest BCUT2D eigenvalue weighted by molar-refractivity contribution is -0.159. The summed E-state index contributed by atoms with van der Waals surface area (Å²) in [6, 6.07) is 0. The second-order valence-corrected chi connectivity index (χ2v) is 13.0. The van der Waals surface area contributed by atoms with E-state index in [-0.39, 0.29) is 31.0 Å². The molecule has 0 fully saturated rings. The van der Waals surface area contributed by atoms with E-state index in [0.717, 1.165) is 0 Å². The Labute approximate surface area is 223 Å². The molecule has 2 heterocycles. The van der Waals surface area contributed by atoms with Gasteiger partial charge in [0, 0.05) is 0 Å². The van der Waals surface area contributed by atoms with Crippen LogP contribution in [0.4, 0.5) is 5.82 Å². The summed E-state index contributed by atoms with van der Waals surface area (Å²) in [7, 11) is -3.86. The molecule has 2 rings (SSSR count). The number of nitrogens with zero attached hydrogens (tertiary/aromatic N) is 4. The van der Waals surface area contributed by atoms with E-state index >= 15 is 0 Å². The van der Waals surface area contributed by atoms with Crippen LogP contribution in [0.5, 0.6) is 0 Å². The number of hydrogen-bond acceptors (Lipinski definition) is 11. The highest BCUT2D eigenvalue weighted by atomic mass is 31.2. The van der Waals surface area contributed by atoms with Crippen molar-refractivity contribution in [3.05, 3.63) is 12.7 Å². The number of imidazole rings is 1. The molecular formula is C24H41N6O7P. The summed E-state index contributed by atoms with van der Waals surface area (Å²) in [6.45, 7) is 15.1. The van der Waals surface area contributed by atoms with Gasteiger partial charge in [0.1, 0.15) is 23.7 Å². The van der Waals surface area contributed by atoms with Gasteiger partial charge in [0.25, 0.3) is 7.52 Å². The van der Waals surface area contributed by atoms with Gasteiger partial charge in [0.2, 0.25) is 0 Å². The molecule has 38 heavy (non-hydrogen) atoms. The van der Waals surface area contributed by atoms with Gasteiger partial charge in [-0.3, -0.25) is 14.2 Å². The van der Waals surface area contributed by atoms with E-state index in [0.29, 0.717) is 17.7 Å². The Bertz CT molecular complexity index is 1160. The summed E-state index contributed by atoms with van der Waals surface area (Å²) in [4.78, 5) is 37.6. The first-order valence-corrected chi connectivity index (χ1v) is 14.2. The molecule has 0 saturated heterocycles. The molecule has 0 aromatic carbocycles. The molecule has 0 saturated carbocycles. The van der Waals surface area contributed by atoms with Gasteiger partial charge in [-0.2, -0.15) is 0 Å². The Hall–Kier alpha value is -2.60. The molecule has 214 valence electrons. The van der Waals surface area contributed by atoms with Crippen molar-refractivity contribution in [2.45, 2.75) is 92.7 Å². The van der Waals surface area contributed by atoms with Crippen LogP contribution in [0.25, 0.3) is 11.2 Å². The summed E-state index contributed by atoms with van der Waals surface area (Å²) in [5.41, 5.74) is 4.38. The van der Waals surface area contributed by atoms with E-state index in [1.54, 1.807) is 59.4 Å². The van der Waals surface area contributed by atoms with Gasteiger partial charge in [-0.05, 0) is 62.3 Å². The molecule has 0 aliphatic carbocycles. The number of esters is 2. The topological polar surface area (TPSA) is 170 Å². The first-order valence-electron chi connectivity index (χ1n) is 12.4. The van der Waals surface area contributed by atoms with E-state index in [1.807, 2.05) is 0 Å². The van der Waals surface area contributed by atoms with E-state index in [9.17, 15) is 14.2 Å². The summed E-state index contributed by atoms with van der Waals surface area (Å²) >= 11 is 0. The van der Waals surface area contributed by atoms with E-state index in [4.69, 9.17) is 24.5 Å². The number of carbonyl (C=O) groups excluding carboxylic acids is 2. The predicted octanol–water partition coefficient (Wildman–Crippen LogP) is 3.28. The van der Waals surface area contributed by atoms with Crippen molar-refractivity contribution in [2.24, 2.45) is 5.41 Å². The highest BCUT2D eigenvalue weighted by Gasteiger charge is 2.41. The van der Waals surface area contributed by atoms with Gasteiger partial charge in [0.15, 0.2) is 11.5 Å². The van der Waals surface area contributed by atoms with Crippen molar-refractivity contribution in [1.82, 2.24) is 24.6 Å². The third-order valence-electron chi connectivity index (χ3n) is 5.24. The minimum atomic E-state index is -3.86. The van der Waals surface area contributed by atoms with E-state index in [2.05, 4.69) is 20.0 Å². The number of nitrogens with one attached hydrogen (secondary N) is 1. The fourth-order valence-corrected chi connectivity index (χ4v) is 5.35. The Morgan fingerprint density at radius 1 is 1.03 bits per heavy atom. The van der Waals surface area contributed by atoms with Gasteiger partial charge >= 0.3 is 11.9 Å². The third-order valence-corrected chi connectivity index (χ3v) is 7.18. The zero-order chi connectivity index (χ0) is 28.9. The summed E-state index contributed by atoms with van der Waals surface area (Å²) in [5, 5.41) is 2.80. The SMILES string of the molecule is CC(C)OC(=O)C(C)(C)COP(=O)(COC(C)Cn1cnc2c(N)ncnc21)NC(C)(C)C(=O)OC(C)C. The smallest absolute Gasteiger partial charge is 0.326 e. The highest BCUT2D eigenvalue weighted by molar-refractivity contribution is 7.56. The molecule has 0 radical (unpaired) electrons. The third kappa shape index (κ3) is 8.72. The standard InChI is InChI=1S/C24H41N6O7P/c1-15(2)36-21(31)23(6,7)11-35-38(33,29-24(8,9)22(32)37-16(3)4)14-34-17(5)10-30-13-28-18-19(25)26-12-27-20(18)30/h12-13,15-17H,10-11,14H2,1-9H3,(H,29,33)(H2,25,26,27). The molecule has 0 aliphatic rings. The molecule has 13 nitrogen and oxygen atoms in total. The summed E-state index contributed by atoms with van der Waals surface area (Å²) in [5.74, 6) is -0.844. The Kier molecular flexibility index (Phi) is 10.4. The largest absolute Gasteiger partial charge is 0.462 e.